The van der Waals surface area contributed by atoms with Gasteiger partial charge in [-0.25, -0.2) is 0 Å². The summed E-state index contributed by atoms with van der Waals surface area (Å²) in [5, 5.41) is 1.53. The fourth-order valence-corrected chi connectivity index (χ4v) is 5.28. The van der Waals surface area contributed by atoms with Gasteiger partial charge in [0.25, 0.3) is 5.91 Å². The van der Waals surface area contributed by atoms with Crippen molar-refractivity contribution in [3.05, 3.63) is 35.0 Å². The standard InChI is InChI=1S/C24H33ClN4O2/c1-3-28(24(31)22-15-19-14-20(25)4-5-21(19)26-22)16-23(30)29-12-8-18(9-13-29)17-6-10-27(2)11-7-17/h4-5,14-15,17-18,26H,3,6-13,16H2,1-2H3. The minimum absolute atomic E-state index is 0.0520. The fourth-order valence-electron chi connectivity index (χ4n) is 5.10. The largest absolute Gasteiger partial charge is 0.351 e. The summed E-state index contributed by atoms with van der Waals surface area (Å²) in [6.45, 7) is 6.54. The molecule has 2 aromatic rings. The number of H-pyrrole nitrogens is 1. The van der Waals surface area contributed by atoms with Gasteiger partial charge < -0.3 is 19.7 Å². The topological polar surface area (TPSA) is 59.7 Å². The van der Waals surface area contributed by atoms with E-state index in [0.29, 0.717) is 17.3 Å². The third-order valence-corrected chi connectivity index (χ3v) is 7.37. The highest BCUT2D eigenvalue weighted by molar-refractivity contribution is 6.31. The number of rotatable bonds is 5. The lowest BCUT2D eigenvalue weighted by molar-refractivity contribution is -0.133. The number of nitrogens with one attached hydrogen (secondary N) is 1. The third kappa shape index (κ3) is 5.07. The summed E-state index contributed by atoms with van der Waals surface area (Å²) in [6, 6.07) is 7.30. The molecule has 1 aromatic heterocycles. The molecule has 7 heteroatoms. The van der Waals surface area contributed by atoms with E-state index in [1.54, 1.807) is 11.0 Å². The molecule has 2 aliphatic rings. The Bertz CT molecular complexity index is 927. The minimum Gasteiger partial charge on any atom is -0.351 e. The van der Waals surface area contributed by atoms with Crippen LogP contribution in [0.5, 0.6) is 0 Å². The summed E-state index contributed by atoms with van der Waals surface area (Å²) in [7, 11) is 2.20. The smallest absolute Gasteiger partial charge is 0.270 e. The van der Waals surface area contributed by atoms with Crippen molar-refractivity contribution in [2.45, 2.75) is 32.6 Å². The first-order chi connectivity index (χ1) is 14.9. The van der Waals surface area contributed by atoms with Gasteiger partial charge in [-0.1, -0.05) is 11.6 Å². The van der Waals surface area contributed by atoms with E-state index < -0.39 is 0 Å². The number of carbonyl (C=O) groups is 2. The second-order valence-corrected chi connectivity index (χ2v) is 9.53. The third-order valence-electron chi connectivity index (χ3n) is 7.13. The Labute approximate surface area is 189 Å². The number of carbonyl (C=O) groups excluding carboxylic acids is 2. The Balaban J connectivity index is 1.33. The van der Waals surface area contributed by atoms with Crippen molar-refractivity contribution < 1.29 is 9.59 Å². The molecular weight excluding hydrogens is 412 g/mol. The van der Waals surface area contributed by atoms with E-state index in [0.717, 1.165) is 48.7 Å². The van der Waals surface area contributed by atoms with Gasteiger partial charge in [-0.05, 0) is 88.8 Å². The number of piperidine rings is 2. The molecule has 0 radical (unpaired) electrons. The van der Waals surface area contributed by atoms with Gasteiger partial charge in [0.05, 0.1) is 0 Å². The van der Waals surface area contributed by atoms with E-state index in [1.807, 2.05) is 30.0 Å². The Kier molecular flexibility index (Phi) is 6.87. The van der Waals surface area contributed by atoms with Crippen LogP contribution >= 0.6 is 11.6 Å². The summed E-state index contributed by atoms with van der Waals surface area (Å²) in [4.78, 5) is 35.1. The van der Waals surface area contributed by atoms with E-state index in [2.05, 4.69) is 16.9 Å². The Hall–Kier alpha value is -2.05. The minimum atomic E-state index is -0.149. The highest BCUT2D eigenvalue weighted by Gasteiger charge is 2.31. The highest BCUT2D eigenvalue weighted by atomic mass is 35.5. The number of amides is 2. The number of aromatic nitrogens is 1. The maximum atomic E-state index is 13.0. The maximum absolute atomic E-state index is 13.0. The summed E-state index contributed by atoms with van der Waals surface area (Å²) >= 11 is 6.06. The van der Waals surface area contributed by atoms with E-state index in [-0.39, 0.29) is 18.4 Å². The lowest BCUT2D eigenvalue weighted by Gasteiger charge is -2.39. The molecule has 6 nitrogen and oxygen atoms in total. The summed E-state index contributed by atoms with van der Waals surface area (Å²) < 4.78 is 0. The van der Waals surface area contributed by atoms with Crippen molar-refractivity contribution in [3.63, 3.8) is 0 Å². The van der Waals surface area contributed by atoms with Crippen molar-refractivity contribution in [1.29, 1.82) is 0 Å². The van der Waals surface area contributed by atoms with Crippen LogP contribution in [0, 0.1) is 11.8 Å². The zero-order valence-electron chi connectivity index (χ0n) is 18.6. The van der Waals surface area contributed by atoms with Crippen molar-refractivity contribution in [3.8, 4) is 0 Å². The molecular formula is C24H33ClN4O2. The van der Waals surface area contributed by atoms with Gasteiger partial charge in [0.1, 0.15) is 12.2 Å². The SMILES string of the molecule is CCN(CC(=O)N1CCC(C2CCN(C)CC2)CC1)C(=O)c1cc2cc(Cl)ccc2[nH]1. The molecule has 31 heavy (non-hydrogen) atoms. The predicted molar refractivity (Wildman–Crippen MR) is 124 cm³/mol. The van der Waals surface area contributed by atoms with Crippen LogP contribution in [-0.2, 0) is 4.79 Å². The fraction of sp³-hybridized carbons (Fsp3) is 0.583. The maximum Gasteiger partial charge on any atom is 0.270 e. The van der Waals surface area contributed by atoms with Crippen LogP contribution in [0.1, 0.15) is 43.1 Å². The van der Waals surface area contributed by atoms with Gasteiger partial charge in [-0.15, -0.1) is 0 Å². The van der Waals surface area contributed by atoms with E-state index >= 15 is 0 Å². The zero-order valence-corrected chi connectivity index (χ0v) is 19.3. The number of halogens is 1. The molecule has 0 aliphatic carbocycles. The molecule has 4 rings (SSSR count). The Morgan fingerprint density at radius 3 is 2.35 bits per heavy atom. The van der Waals surface area contributed by atoms with Gasteiger partial charge in [0.2, 0.25) is 5.91 Å². The van der Waals surface area contributed by atoms with Crippen LogP contribution in [-0.4, -0.2) is 77.8 Å². The molecule has 1 aromatic carbocycles. The molecule has 0 saturated carbocycles. The Morgan fingerprint density at radius 2 is 1.71 bits per heavy atom. The normalized spacial score (nSPS) is 19.1. The molecule has 168 valence electrons. The predicted octanol–water partition coefficient (Wildman–Crippen LogP) is 3.86. The lowest BCUT2D eigenvalue weighted by atomic mass is 9.79. The number of benzene rings is 1. The van der Waals surface area contributed by atoms with Crippen LogP contribution in [0.3, 0.4) is 0 Å². The van der Waals surface area contributed by atoms with Crippen molar-refractivity contribution in [1.82, 2.24) is 19.7 Å². The molecule has 1 N–H and O–H groups in total. The number of nitrogens with zero attached hydrogens (tertiary/aromatic N) is 3. The van der Waals surface area contributed by atoms with Gasteiger partial charge in [0, 0.05) is 35.6 Å². The molecule has 2 aliphatic heterocycles. The number of likely N-dealkylation sites (N-methyl/N-ethyl adjacent to an activating group) is 1. The molecule has 2 amide bonds. The molecule has 0 spiro atoms. The number of hydrogen-bond donors (Lipinski definition) is 1. The number of likely N-dealkylation sites (tertiary alicyclic amines) is 2. The second kappa shape index (κ2) is 9.61. The molecule has 2 fully saturated rings. The van der Waals surface area contributed by atoms with Crippen LogP contribution < -0.4 is 0 Å². The number of aromatic amines is 1. The molecule has 0 atom stereocenters. The molecule has 0 bridgehead atoms. The first-order valence-corrected chi connectivity index (χ1v) is 11.9. The van der Waals surface area contributed by atoms with E-state index in [1.165, 1.54) is 25.9 Å². The molecule has 2 saturated heterocycles. The average Bonchev–Trinajstić information content (AvgIpc) is 3.20. The Morgan fingerprint density at radius 1 is 1.06 bits per heavy atom. The van der Waals surface area contributed by atoms with Crippen LogP contribution in [0.25, 0.3) is 10.9 Å². The van der Waals surface area contributed by atoms with Crippen molar-refractivity contribution in [2.75, 3.05) is 46.3 Å². The summed E-state index contributed by atoms with van der Waals surface area (Å²) in [5.41, 5.74) is 1.36. The van der Waals surface area contributed by atoms with Crippen LogP contribution in [0.4, 0.5) is 0 Å². The van der Waals surface area contributed by atoms with Crippen LogP contribution in [0.15, 0.2) is 24.3 Å². The summed E-state index contributed by atoms with van der Waals surface area (Å²) in [6.07, 6.45) is 4.73. The summed E-state index contributed by atoms with van der Waals surface area (Å²) in [5.74, 6) is 1.44. The zero-order chi connectivity index (χ0) is 22.0. The quantitative estimate of drug-likeness (QED) is 0.761. The monoisotopic (exact) mass is 444 g/mol. The number of hydrogen-bond acceptors (Lipinski definition) is 3. The van der Waals surface area contributed by atoms with Gasteiger partial charge >= 0.3 is 0 Å². The van der Waals surface area contributed by atoms with Gasteiger partial charge in [-0.2, -0.15) is 0 Å². The van der Waals surface area contributed by atoms with Crippen molar-refractivity contribution >= 4 is 34.3 Å². The first kappa shape index (κ1) is 22.2. The lowest BCUT2D eigenvalue weighted by Crippen LogP contribution is -2.47. The van der Waals surface area contributed by atoms with Crippen LogP contribution in [0.2, 0.25) is 5.02 Å². The number of fused-ring (bicyclic) bond motifs is 1. The van der Waals surface area contributed by atoms with E-state index in [9.17, 15) is 9.59 Å². The van der Waals surface area contributed by atoms with Gasteiger partial charge in [0.15, 0.2) is 0 Å². The average molecular weight is 445 g/mol. The first-order valence-electron chi connectivity index (χ1n) is 11.5. The molecule has 0 unspecified atom stereocenters. The van der Waals surface area contributed by atoms with Crippen molar-refractivity contribution in [2.24, 2.45) is 11.8 Å². The second-order valence-electron chi connectivity index (χ2n) is 9.09. The molecule has 3 heterocycles. The highest BCUT2D eigenvalue weighted by Crippen LogP contribution is 2.32. The van der Waals surface area contributed by atoms with Gasteiger partial charge in [-0.3, -0.25) is 9.59 Å². The van der Waals surface area contributed by atoms with E-state index in [4.69, 9.17) is 11.6 Å².